The first-order valence-electron chi connectivity index (χ1n) is 7.89. The lowest BCUT2D eigenvalue weighted by Crippen LogP contribution is -2.19. The first-order chi connectivity index (χ1) is 11.7. The van der Waals surface area contributed by atoms with Crippen molar-refractivity contribution in [3.63, 3.8) is 0 Å². The van der Waals surface area contributed by atoms with Crippen LogP contribution in [0, 0.1) is 0 Å². The van der Waals surface area contributed by atoms with Crippen LogP contribution in [0.5, 0.6) is 5.88 Å². The number of ether oxygens (including phenoxy) is 1. The minimum Gasteiger partial charge on any atom is -0.481 e. The third-order valence-electron chi connectivity index (χ3n) is 4.36. The highest BCUT2D eigenvalue weighted by atomic mass is 16.5. The molecule has 0 radical (unpaired) electrons. The van der Waals surface area contributed by atoms with E-state index in [9.17, 15) is 4.79 Å². The molecule has 7 nitrogen and oxygen atoms in total. The van der Waals surface area contributed by atoms with E-state index in [1.165, 1.54) is 0 Å². The molecule has 0 saturated carbocycles. The molecule has 0 unspecified atom stereocenters. The average molecular weight is 323 g/mol. The Hall–Kier alpha value is -2.96. The highest BCUT2D eigenvalue weighted by molar-refractivity contribution is 5.95. The summed E-state index contributed by atoms with van der Waals surface area (Å²) in [5.74, 6) is 0.00722. The number of hydrogen-bond acceptors (Lipinski definition) is 5. The van der Waals surface area contributed by atoms with Gasteiger partial charge in [0.15, 0.2) is 0 Å². The number of methoxy groups -OCH3 is 1. The van der Waals surface area contributed by atoms with Crippen LogP contribution in [0.3, 0.4) is 0 Å². The number of aromatic nitrogens is 4. The number of primary amides is 1. The Labute approximate surface area is 138 Å². The fourth-order valence-electron chi connectivity index (χ4n) is 3.26. The van der Waals surface area contributed by atoms with Gasteiger partial charge in [-0.2, -0.15) is 5.10 Å². The molecule has 0 atom stereocenters. The molecule has 0 saturated heterocycles. The predicted molar refractivity (Wildman–Crippen MR) is 88.4 cm³/mol. The van der Waals surface area contributed by atoms with E-state index in [4.69, 9.17) is 10.5 Å². The van der Waals surface area contributed by atoms with Gasteiger partial charge < -0.3 is 10.5 Å². The van der Waals surface area contributed by atoms with Crippen LogP contribution in [0.2, 0.25) is 0 Å². The predicted octanol–water partition coefficient (Wildman–Crippen LogP) is 1.80. The summed E-state index contributed by atoms with van der Waals surface area (Å²) in [5, 5.41) is 4.66. The number of rotatable bonds is 3. The second-order valence-electron chi connectivity index (χ2n) is 5.81. The van der Waals surface area contributed by atoms with E-state index in [1.54, 1.807) is 30.1 Å². The zero-order valence-electron chi connectivity index (χ0n) is 13.3. The van der Waals surface area contributed by atoms with Crippen LogP contribution in [0.15, 0.2) is 24.4 Å². The van der Waals surface area contributed by atoms with Crippen LogP contribution in [-0.4, -0.2) is 32.8 Å². The van der Waals surface area contributed by atoms with Gasteiger partial charge in [0, 0.05) is 17.8 Å². The monoisotopic (exact) mass is 323 g/mol. The Morgan fingerprint density at radius 1 is 1.25 bits per heavy atom. The number of carbonyl (C=O) groups excluding carboxylic acids is 1. The van der Waals surface area contributed by atoms with Gasteiger partial charge in [0.1, 0.15) is 11.2 Å². The molecule has 0 bridgehead atoms. The Morgan fingerprint density at radius 3 is 2.88 bits per heavy atom. The summed E-state index contributed by atoms with van der Waals surface area (Å²) in [5.41, 5.74) is 10.0. The van der Waals surface area contributed by atoms with E-state index in [1.807, 2.05) is 6.07 Å². The molecule has 3 heterocycles. The van der Waals surface area contributed by atoms with Crippen molar-refractivity contribution < 1.29 is 9.53 Å². The van der Waals surface area contributed by atoms with Gasteiger partial charge in [-0.1, -0.05) is 0 Å². The third-order valence-corrected chi connectivity index (χ3v) is 4.36. The lowest BCUT2D eigenvalue weighted by Gasteiger charge is -2.10. The third kappa shape index (κ3) is 2.20. The van der Waals surface area contributed by atoms with E-state index in [0.29, 0.717) is 28.3 Å². The fraction of sp³-hybridized carbons (Fsp3) is 0.294. The molecule has 0 aromatic carbocycles. The maximum Gasteiger partial charge on any atom is 0.267 e. The molecule has 1 amide bonds. The summed E-state index contributed by atoms with van der Waals surface area (Å²) >= 11 is 0. The highest BCUT2D eigenvalue weighted by Crippen LogP contribution is 2.28. The topological polar surface area (TPSA) is 95.9 Å². The smallest absolute Gasteiger partial charge is 0.267 e. The molecular weight excluding hydrogens is 306 g/mol. The Bertz CT molecular complexity index is 948. The van der Waals surface area contributed by atoms with Gasteiger partial charge in [-0.25, -0.2) is 9.67 Å². The van der Waals surface area contributed by atoms with Gasteiger partial charge in [0.2, 0.25) is 5.88 Å². The van der Waals surface area contributed by atoms with Crippen molar-refractivity contribution in [2.24, 2.45) is 5.73 Å². The van der Waals surface area contributed by atoms with Crippen molar-refractivity contribution in [3.05, 3.63) is 41.3 Å². The van der Waals surface area contributed by atoms with Crippen LogP contribution in [0.25, 0.3) is 16.7 Å². The SMILES string of the molecule is COc1ccc2nccc(-n3nc4c(c3C(N)=O)CCCC4)c2n1. The number of nitrogens with zero attached hydrogens (tertiary/aromatic N) is 4. The molecule has 2 N–H and O–H groups in total. The molecule has 24 heavy (non-hydrogen) atoms. The number of aryl methyl sites for hydroxylation is 1. The number of nitrogens with two attached hydrogens (primary N) is 1. The number of amides is 1. The van der Waals surface area contributed by atoms with Gasteiger partial charge >= 0.3 is 0 Å². The van der Waals surface area contributed by atoms with E-state index in [0.717, 1.165) is 36.9 Å². The van der Waals surface area contributed by atoms with E-state index in [2.05, 4.69) is 15.1 Å². The molecule has 0 spiro atoms. The van der Waals surface area contributed by atoms with Crippen molar-refractivity contribution in [1.29, 1.82) is 0 Å². The Morgan fingerprint density at radius 2 is 2.08 bits per heavy atom. The maximum absolute atomic E-state index is 12.1. The summed E-state index contributed by atoms with van der Waals surface area (Å²) in [4.78, 5) is 20.9. The van der Waals surface area contributed by atoms with Crippen LogP contribution in [-0.2, 0) is 12.8 Å². The van der Waals surface area contributed by atoms with Gasteiger partial charge in [-0.15, -0.1) is 0 Å². The quantitative estimate of drug-likeness (QED) is 0.793. The van der Waals surface area contributed by atoms with Gasteiger partial charge in [0.05, 0.1) is 24.0 Å². The minimum atomic E-state index is -0.474. The van der Waals surface area contributed by atoms with Crippen molar-refractivity contribution in [2.45, 2.75) is 25.7 Å². The highest BCUT2D eigenvalue weighted by Gasteiger charge is 2.25. The van der Waals surface area contributed by atoms with Gasteiger partial charge in [0.25, 0.3) is 5.91 Å². The first kappa shape index (κ1) is 14.6. The summed E-state index contributed by atoms with van der Waals surface area (Å²) in [7, 11) is 1.56. The molecule has 0 fully saturated rings. The largest absolute Gasteiger partial charge is 0.481 e. The molecule has 7 heteroatoms. The standard InChI is InChI=1S/C17H17N5O2/c1-24-14-7-6-12-15(20-14)13(8-9-19-12)22-16(17(18)23)10-4-2-3-5-11(10)21-22/h6-9H,2-5H2,1H3,(H2,18,23). The van der Waals surface area contributed by atoms with E-state index in [-0.39, 0.29) is 0 Å². The summed E-state index contributed by atoms with van der Waals surface area (Å²) in [6.45, 7) is 0. The van der Waals surface area contributed by atoms with E-state index >= 15 is 0 Å². The van der Waals surface area contributed by atoms with Crippen LogP contribution in [0.4, 0.5) is 0 Å². The van der Waals surface area contributed by atoms with Gasteiger partial charge in [-0.3, -0.25) is 9.78 Å². The lowest BCUT2D eigenvalue weighted by molar-refractivity contribution is 0.0992. The van der Waals surface area contributed by atoms with E-state index < -0.39 is 5.91 Å². The molecular formula is C17H17N5O2. The Kier molecular flexibility index (Phi) is 3.41. The second-order valence-corrected chi connectivity index (χ2v) is 5.81. The molecule has 1 aliphatic rings. The maximum atomic E-state index is 12.1. The van der Waals surface area contributed by atoms with Crippen molar-refractivity contribution in [2.75, 3.05) is 7.11 Å². The number of carbonyl (C=O) groups is 1. The summed E-state index contributed by atoms with van der Waals surface area (Å²) in [6, 6.07) is 5.37. The molecule has 4 rings (SSSR count). The number of fused-ring (bicyclic) bond motifs is 2. The number of hydrogen-bond donors (Lipinski definition) is 1. The van der Waals surface area contributed by atoms with Crippen LogP contribution < -0.4 is 10.5 Å². The zero-order chi connectivity index (χ0) is 16.7. The molecule has 3 aromatic heterocycles. The van der Waals surface area contributed by atoms with Crippen molar-refractivity contribution >= 4 is 16.9 Å². The van der Waals surface area contributed by atoms with Crippen LogP contribution in [0.1, 0.15) is 34.6 Å². The average Bonchev–Trinajstić information content (AvgIpc) is 3.00. The molecule has 1 aliphatic carbocycles. The van der Waals surface area contributed by atoms with Gasteiger partial charge in [-0.05, 0) is 37.8 Å². The fourth-order valence-corrected chi connectivity index (χ4v) is 3.26. The summed E-state index contributed by atoms with van der Waals surface area (Å²) < 4.78 is 6.83. The van der Waals surface area contributed by atoms with Crippen molar-refractivity contribution in [1.82, 2.24) is 19.7 Å². The molecule has 0 aliphatic heterocycles. The normalized spacial score (nSPS) is 13.7. The first-order valence-corrected chi connectivity index (χ1v) is 7.89. The van der Waals surface area contributed by atoms with Crippen molar-refractivity contribution in [3.8, 4) is 11.6 Å². The van der Waals surface area contributed by atoms with Crippen LogP contribution >= 0.6 is 0 Å². The molecule has 122 valence electrons. The minimum absolute atomic E-state index is 0.446. The number of pyridine rings is 2. The second kappa shape index (κ2) is 5.59. The Balaban J connectivity index is 2.01. The zero-order valence-corrected chi connectivity index (χ0v) is 13.3. The molecule has 3 aromatic rings. The lowest BCUT2D eigenvalue weighted by atomic mass is 9.96. The summed E-state index contributed by atoms with van der Waals surface area (Å²) in [6.07, 6.45) is 5.49.